The van der Waals surface area contributed by atoms with Gasteiger partial charge < -0.3 is 14.1 Å². The Kier molecular flexibility index (Phi) is 5.48. The number of carbonyl (C=O) groups excluding carboxylic acids is 1. The van der Waals surface area contributed by atoms with Crippen molar-refractivity contribution in [3.63, 3.8) is 0 Å². The first-order chi connectivity index (χ1) is 15.0. The molecular formula is C24H23F3N2O3. The van der Waals surface area contributed by atoms with Gasteiger partial charge in [-0.25, -0.2) is 9.78 Å². The van der Waals surface area contributed by atoms with Gasteiger partial charge in [0.2, 0.25) is 5.89 Å². The molecular weight excluding hydrogens is 421 g/mol. The van der Waals surface area contributed by atoms with Crippen molar-refractivity contribution in [3.05, 3.63) is 59.7 Å². The van der Waals surface area contributed by atoms with Crippen LogP contribution in [-0.4, -0.2) is 34.7 Å². The van der Waals surface area contributed by atoms with E-state index in [0.29, 0.717) is 36.2 Å². The number of aromatic nitrogens is 1. The minimum absolute atomic E-state index is 0.264. The fourth-order valence-electron chi connectivity index (χ4n) is 3.47. The van der Waals surface area contributed by atoms with Crippen molar-refractivity contribution in [1.82, 2.24) is 9.88 Å². The first-order valence-corrected chi connectivity index (χ1v) is 10.3. The highest BCUT2D eigenvalue weighted by molar-refractivity contribution is 5.82. The third-order valence-corrected chi connectivity index (χ3v) is 5.08. The van der Waals surface area contributed by atoms with Crippen molar-refractivity contribution >= 4 is 22.8 Å². The molecule has 32 heavy (non-hydrogen) atoms. The van der Waals surface area contributed by atoms with Crippen LogP contribution in [0.2, 0.25) is 0 Å². The van der Waals surface area contributed by atoms with Gasteiger partial charge in [0, 0.05) is 18.7 Å². The number of alkyl halides is 3. The number of hydrogen-bond donors (Lipinski definition) is 0. The molecule has 5 nitrogen and oxygen atoms in total. The normalized spacial score (nSPS) is 15.1. The summed E-state index contributed by atoms with van der Waals surface area (Å²) < 4.78 is 49.6. The lowest BCUT2D eigenvalue weighted by molar-refractivity contribution is -0.137. The van der Waals surface area contributed by atoms with E-state index in [1.807, 2.05) is 45.0 Å². The zero-order valence-corrected chi connectivity index (χ0v) is 18.0. The molecule has 3 aromatic rings. The topological polar surface area (TPSA) is 55.6 Å². The Morgan fingerprint density at radius 2 is 1.75 bits per heavy atom. The van der Waals surface area contributed by atoms with Gasteiger partial charge in [-0.05, 0) is 74.7 Å². The van der Waals surface area contributed by atoms with Gasteiger partial charge in [-0.1, -0.05) is 12.1 Å². The van der Waals surface area contributed by atoms with Crippen LogP contribution in [0.1, 0.15) is 38.3 Å². The van der Waals surface area contributed by atoms with E-state index >= 15 is 0 Å². The van der Waals surface area contributed by atoms with Gasteiger partial charge in [0.1, 0.15) is 11.1 Å². The number of fused-ring (bicyclic) bond motifs is 1. The van der Waals surface area contributed by atoms with Crippen LogP contribution in [-0.2, 0) is 10.9 Å². The van der Waals surface area contributed by atoms with Gasteiger partial charge in [-0.15, -0.1) is 0 Å². The zero-order chi connectivity index (χ0) is 23.1. The van der Waals surface area contributed by atoms with Gasteiger partial charge in [0.05, 0.1) is 5.56 Å². The van der Waals surface area contributed by atoms with Gasteiger partial charge in [0.25, 0.3) is 0 Å². The highest BCUT2D eigenvalue weighted by atomic mass is 19.4. The van der Waals surface area contributed by atoms with Crippen molar-refractivity contribution in [2.45, 2.75) is 39.0 Å². The molecule has 0 radical (unpaired) electrons. The number of halogens is 3. The number of hydrogen-bond acceptors (Lipinski definition) is 4. The summed E-state index contributed by atoms with van der Waals surface area (Å²) in [5, 5.41) is 0. The zero-order valence-electron chi connectivity index (χ0n) is 18.0. The van der Waals surface area contributed by atoms with Crippen molar-refractivity contribution in [2.24, 2.45) is 0 Å². The van der Waals surface area contributed by atoms with Crippen LogP contribution < -0.4 is 0 Å². The first kappa shape index (κ1) is 21.9. The number of oxazole rings is 1. The van der Waals surface area contributed by atoms with E-state index in [2.05, 4.69) is 4.98 Å². The summed E-state index contributed by atoms with van der Waals surface area (Å²) in [7, 11) is 0. The van der Waals surface area contributed by atoms with Gasteiger partial charge in [-0.3, -0.25) is 0 Å². The Hall–Kier alpha value is -3.29. The summed E-state index contributed by atoms with van der Waals surface area (Å²) in [6.07, 6.45) is -2.06. The third kappa shape index (κ3) is 4.79. The maximum Gasteiger partial charge on any atom is 0.416 e. The number of ether oxygens (including phenoxy) is 1. The maximum absolute atomic E-state index is 12.8. The standard InChI is InChI=1S/C24H23F3N2O3/c1-23(2,3)32-22(30)29-12-10-15(11-13-29)17-6-9-19-20(14-17)31-21(28-19)16-4-7-18(8-5-16)24(25,26)27/h4-10,14H,11-13H2,1-3H3. The van der Waals surface area contributed by atoms with Crippen LogP contribution in [0.5, 0.6) is 0 Å². The van der Waals surface area contributed by atoms with Crippen LogP contribution in [0.25, 0.3) is 28.1 Å². The SMILES string of the molecule is CC(C)(C)OC(=O)N1CC=C(c2ccc3nc(-c4ccc(C(F)(F)F)cc4)oc3c2)CC1. The van der Waals surface area contributed by atoms with Gasteiger partial charge in [0.15, 0.2) is 5.58 Å². The van der Waals surface area contributed by atoms with E-state index in [1.54, 1.807) is 4.90 Å². The lowest BCUT2D eigenvalue weighted by Crippen LogP contribution is -2.39. The molecule has 1 amide bonds. The summed E-state index contributed by atoms with van der Waals surface area (Å²) in [4.78, 5) is 18.3. The molecule has 2 heterocycles. The van der Waals surface area contributed by atoms with Crippen LogP contribution in [0.4, 0.5) is 18.0 Å². The van der Waals surface area contributed by atoms with Gasteiger partial charge in [-0.2, -0.15) is 13.2 Å². The minimum atomic E-state index is -4.39. The summed E-state index contributed by atoms with van der Waals surface area (Å²) >= 11 is 0. The average molecular weight is 444 g/mol. The molecule has 0 fully saturated rings. The van der Waals surface area contributed by atoms with E-state index in [1.165, 1.54) is 12.1 Å². The van der Waals surface area contributed by atoms with E-state index in [9.17, 15) is 18.0 Å². The lowest BCUT2D eigenvalue weighted by atomic mass is 9.99. The second-order valence-corrected chi connectivity index (χ2v) is 8.68. The fourth-order valence-corrected chi connectivity index (χ4v) is 3.47. The fraction of sp³-hybridized carbons (Fsp3) is 0.333. The molecule has 0 saturated heterocycles. The highest BCUT2D eigenvalue weighted by Crippen LogP contribution is 2.32. The van der Waals surface area contributed by atoms with Crippen molar-refractivity contribution < 1.29 is 27.1 Å². The number of benzene rings is 2. The quantitative estimate of drug-likeness (QED) is 0.450. The Morgan fingerprint density at radius 1 is 1.06 bits per heavy atom. The lowest BCUT2D eigenvalue weighted by Gasteiger charge is -2.29. The molecule has 0 bridgehead atoms. The molecule has 1 aromatic heterocycles. The second-order valence-electron chi connectivity index (χ2n) is 8.68. The van der Waals surface area contributed by atoms with Crippen molar-refractivity contribution in [3.8, 4) is 11.5 Å². The molecule has 168 valence electrons. The average Bonchev–Trinajstić information content (AvgIpc) is 3.15. The van der Waals surface area contributed by atoms with Crippen molar-refractivity contribution in [2.75, 3.05) is 13.1 Å². The smallest absolute Gasteiger partial charge is 0.416 e. The largest absolute Gasteiger partial charge is 0.444 e. The molecule has 8 heteroatoms. The maximum atomic E-state index is 12.8. The molecule has 0 aliphatic carbocycles. The number of nitrogens with zero attached hydrogens (tertiary/aromatic N) is 2. The monoisotopic (exact) mass is 444 g/mol. The van der Waals surface area contributed by atoms with Gasteiger partial charge >= 0.3 is 12.3 Å². The summed E-state index contributed by atoms with van der Waals surface area (Å²) in [5.41, 5.74) is 2.42. The molecule has 4 rings (SSSR count). The van der Waals surface area contributed by atoms with Crippen LogP contribution >= 0.6 is 0 Å². The van der Waals surface area contributed by atoms with Crippen LogP contribution in [0.3, 0.4) is 0 Å². The van der Waals surface area contributed by atoms with Crippen molar-refractivity contribution in [1.29, 1.82) is 0 Å². The molecule has 0 spiro atoms. The van der Waals surface area contributed by atoms with E-state index in [4.69, 9.17) is 9.15 Å². The Bertz CT molecular complexity index is 1170. The Balaban J connectivity index is 1.52. The summed E-state index contributed by atoms with van der Waals surface area (Å²) in [6, 6.07) is 10.3. The molecule has 1 aliphatic rings. The van der Waals surface area contributed by atoms with E-state index in [0.717, 1.165) is 23.3 Å². The number of rotatable bonds is 2. The summed E-state index contributed by atoms with van der Waals surface area (Å²) in [6.45, 7) is 6.51. The third-order valence-electron chi connectivity index (χ3n) is 5.08. The molecule has 0 atom stereocenters. The number of carbonyl (C=O) groups is 1. The highest BCUT2D eigenvalue weighted by Gasteiger charge is 2.30. The Morgan fingerprint density at radius 3 is 2.34 bits per heavy atom. The minimum Gasteiger partial charge on any atom is -0.444 e. The molecule has 0 N–H and O–H groups in total. The molecule has 2 aromatic carbocycles. The molecule has 1 aliphatic heterocycles. The second kappa shape index (κ2) is 8.00. The summed E-state index contributed by atoms with van der Waals surface area (Å²) in [5.74, 6) is 0.264. The first-order valence-electron chi connectivity index (χ1n) is 10.3. The predicted molar refractivity (Wildman–Crippen MR) is 115 cm³/mol. The predicted octanol–water partition coefficient (Wildman–Crippen LogP) is 6.54. The van der Waals surface area contributed by atoms with Crippen LogP contribution in [0.15, 0.2) is 53.0 Å². The van der Waals surface area contributed by atoms with E-state index in [-0.39, 0.29) is 12.0 Å². The van der Waals surface area contributed by atoms with Crippen LogP contribution in [0, 0.1) is 0 Å². The number of amides is 1. The van der Waals surface area contributed by atoms with E-state index < -0.39 is 17.3 Å². The molecule has 0 saturated carbocycles. The molecule has 0 unspecified atom stereocenters. The Labute approximate surface area is 183 Å².